The highest BCUT2D eigenvalue weighted by molar-refractivity contribution is 5.49. The van der Waals surface area contributed by atoms with Crippen molar-refractivity contribution in [2.45, 2.75) is 39.8 Å². The van der Waals surface area contributed by atoms with Gasteiger partial charge >= 0.3 is 0 Å². The number of nitrogens with one attached hydrogen (secondary N) is 2. The molecule has 0 aliphatic rings. The summed E-state index contributed by atoms with van der Waals surface area (Å²) in [6.07, 6.45) is 4.89. The van der Waals surface area contributed by atoms with E-state index in [0.717, 1.165) is 19.5 Å². The largest absolute Gasteiger partial charge is 0.385 e. The molecule has 0 amide bonds. The van der Waals surface area contributed by atoms with Crippen molar-refractivity contribution in [3.05, 3.63) is 24.0 Å². The summed E-state index contributed by atoms with van der Waals surface area (Å²) in [6.45, 7) is 8.35. The van der Waals surface area contributed by atoms with Gasteiger partial charge < -0.3 is 10.6 Å². The van der Waals surface area contributed by atoms with Crippen molar-refractivity contribution in [2.75, 3.05) is 11.9 Å². The van der Waals surface area contributed by atoms with Crippen LogP contribution in [0.15, 0.2) is 18.5 Å². The molecule has 15 heavy (non-hydrogen) atoms. The zero-order valence-electron chi connectivity index (χ0n) is 9.88. The van der Waals surface area contributed by atoms with Gasteiger partial charge in [0.25, 0.3) is 0 Å². The number of pyridine rings is 1. The lowest BCUT2D eigenvalue weighted by atomic mass is 10.2. The monoisotopic (exact) mass is 207 g/mol. The molecule has 0 aliphatic carbocycles. The van der Waals surface area contributed by atoms with Gasteiger partial charge in [-0.3, -0.25) is 4.98 Å². The lowest BCUT2D eigenvalue weighted by molar-refractivity contribution is 0.588. The average molecular weight is 207 g/mol. The predicted molar refractivity (Wildman–Crippen MR) is 65.0 cm³/mol. The molecule has 0 spiro atoms. The fourth-order valence-corrected chi connectivity index (χ4v) is 1.31. The van der Waals surface area contributed by atoms with Gasteiger partial charge in [-0.05, 0) is 12.5 Å². The minimum absolute atomic E-state index is 0.504. The number of rotatable bonds is 6. The maximum Gasteiger partial charge on any atom is 0.0416 e. The molecule has 1 heterocycles. The van der Waals surface area contributed by atoms with E-state index >= 15 is 0 Å². The number of anilines is 1. The van der Waals surface area contributed by atoms with E-state index < -0.39 is 0 Å². The molecule has 0 radical (unpaired) electrons. The summed E-state index contributed by atoms with van der Waals surface area (Å²) in [5, 5.41) is 6.81. The summed E-state index contributed by atoms with van der Waals surface area (Å²) >= 11 is 0. The van der Waals surface area contributed by atoms with Crippen LogP contribution in [0.25, 0.3) is 0 Å². The lowest BCUT2D eigenvalue weighted by Gasteiger charge is -2.13. The van der Waals surface area contributed by atoms with Crippen molar-refractivity contribution in [3.8, 4) is 0 Å². The predicted octanol–water partition coefficient (Wildman–Crippen LogP) is 2.40. The van der Waals surface area contributed by atoms with Crippen LogP contribution in [0, 0.1) is 0 Å². The normalized spacial score (nSPS) is 10.7. The highest BCUT2D eigenvalue weighted by atomic mass is 14.9. The van der Waals surface area contributed by atoms with E-state index in [1.165, 1.54) is 11.3 Å². The van der Waals surface area contributed by atoms with E-state index in [4.69, 9.17) is 0 Å². The SMILES string of the molecule is CCCNc1ccncc1CNC(C)C. The van der Waals surface area contributed by atoms with Crippen LogP contribution in [-0.2, 0) is 6.54 Å². The van der Waals surface area contributed by atoms with Crippen LogP contribution in [-0.4, -0.2) is 17.6 Å². The molecule has 3 heteroatoms. The third-order valence-electron chi connectivity index (χ3n) is 2.17. The number of nitrogens with zero attached hydrogens (tertiary/aromatic N) is 1. The maximum atomic E-state index is 4.15. The fourth-order valence-electron chi connectivity index (χ4n) is 1.31. The molecule has 1 aromatic heterocycles. The Bertz CT molecular complexity index is 284. The fraction of sp³-hybridized carbons (Fsp3) is 0.583. The highest BCUT2D eigenvalue weighted by Crippen LogP contribution is 2.13. The molecule has 0 aliphatic heterocycles. The highest BCUT2D eigenvalue weighted by Gasteiger charge is 2.01. The molecule has 0 aromatic carbocycles. The lowest BCUT2D eigenvalue weighted by Crippen LogP contribution is -2.22. The second kappa shape index (κ2) is 6.40. The quantitative estimate of drug-likeness (QED) is 0.752. The average Bonchev–Trinajstić information content (AvgIpc) is 2.24. The topological polar surface area (TPSA) is 37.0 Å². The molecule has 84 valence electrons. The molecule has 1 aromatic rings. The second-order valence-corrected chi connectivity index (χ2v) is 4.00. The van der Waals surface area contributed by atoms with Gasteiger partial charge in [-0.15, -0.1) is 0 Å². The van der Waals surface area contributed by atoms with Gasteiger partial charge in [0.1, 0.15) is 0 Å². The Kier molecular flexibility index (Phi) is 5.12. The van der Waals surface area contributed by atoms with Gasteiger partial charge in [-0.2, -0.15) is 0 Å². The summed E-state index contributed by atoms with van der Waals surface area (Å²) in [6, 6.07) is 2.54. The standard InChI is InChI=1S/C12H21N3/c1-4-6-14-12-5-7-13-8-11(12)9-15-10(2)3/h5,7-8,10,15H,4,6,9H2,1-3H3,(H,13,14). The Labute approximate surface area is 92.3 Å². The zero-order valence-corrected chi connectivity index (χ0v) is 9.88. The molecule has 0 unspecified atom stereocenters. The molecule has 1 rings (SSSR count). The first-order chi connectivity index (χ1) is 7.24. The van der Waals surface area contributed by atoms with Crippen molar-refractivity contribution in [1.29, 1.82) is 0 Å². The molecule has 0 saturated carbocycles. The second-order valence-electron chi connectivity index (χ2n) is 4.00. The van der Waals surface area contributed by atoms with Gasteiger partial charge in [-0.25, -0.2) is 0 Å². The van der Waals surface area contributed by atoms with Gasteiger partial charge in [-0.1, -0.05) is 20.8 Å². The van der Waals surface area contributed by atoms with Crippen LogP contribution >= 0.6 is 0 Å². The van der Waals surface area contributed by atoms with Gasteiger partial charge in [0, 0.05) is 42.8 Å². The van der Waals surface area contributed by atoms with E-state index in [2.05, 4.69) is 36.4 Å². The first kappa shape index (κ1) is 12.0. The first-order valence-electron chi connectivity index (χ1n) is 5.64. The molecule has 0 saturated heterocycles. The Hall–Kier alpha value is -1.09. The molecule has 0 fully saturated rings. The molecule has 0 bridgehead atoms. The molecule has 3 nitrogen and oxygen atoms in total. The van der Waals surface area contributed by atoms with Crippen LogP contribution in [0.2, 0.25) is 0 Å². The smallest absolute Gasteiger partial charge is 0.0416 e. The van der Waals surface area contributed by atoms with E-state index in [0.29, 0.717) is 6.04 Å². The van der Waals surface area contributed by atoms with E-state index in [1.807, 2.05) is 18.5 Å². The molecular weight excluding hydrogens is 186 g/mol. The Morgan fingerprint density at radius 2 is 2.20 bits per heavy atom. The Balaban J connectivity index is 2.59. The number of aromatic nitrogens is 1. The Morgan fingerprint density at radius 3 is 2.87 bits per heavy atom. The van der Waals surface area contributed by atoms with Crippen molar-refractivity contribution < 1.29 is 0 Å². The van der Waals surface area contributed by atoms with Gasteiger partial charge in [0.15, 0.2) is 0 Å². The minimum Gasteiger partial charge on any atom is -0.385 e. The zero-order chi connectivity index (χ0) is 11.1. The van der Waals surface area contributed by atoms with E-state index in [1.54, 1.807) is 0 Å². The van der Waals surface area contributed by atoms with Crippen molar-refractivity contribution >= 4 is 5.69 Å². The number of hydrogen-bond acceptors (Lipinski definition) is 3. The van der Waals surface area contributed by atoms with E-state index in [9.17, 15) is 0 Å². The van der Waals surface area contributed by atoms with Crippen LogP contribution in [0.4, 0.5) is 5.69 Å². The summed E-state index contributed by atoms with van der Waals surface area (Å²) in [5.74, 6) is 0. The summed E-state index contributed by atoms with van der Waals surface area (Å²) in [4.78, 5) is 4.15. The maximum absolute atomic E-state index is 4.15. The molecular formula is C12H21N3. The van der Waals surface area contributed by atoms with Crippen LogP contribution < -0.4 is 10.6 Å². The number of hydrogen-bond donors (Lipinski definition) is 2. The van der Waals surface area contributed by atoms with Crippen LogP contribution in [0.1, 0.15) is 32.8 Å². The summed E-state index contributed by atoms with van der Waals surface area (Å²) in [7, 11) is 0. The van der Waals surface area contributed by atoms with Crippen molar-refractivity contribution in [3.63, 3.8) is 0 Å². The third kappa shape index (κ3) is 4.30. The summed E-state index contributed by atoms with van der Waals surface area (Å²) < 4.78 is 0. The first-order valence-corrected chi connectivity index (χ1v) is 5.64. The van der Waals surface area contributed by atoms with Crippen LogP contribution in [0.5, 0.6) is 0 Å². The van der Waals surface area contributed by atoms with Gasteiger partial charge in [0.2, 0.25) is 0 Å². The van der Waals surface area contributed by atoms with Crippen molar-refractivity contribution in [1.82, 2.24) is 10.3 Å². The van der Waals surface area contributed by atoms with Crippen LogP contribution in [0.3, 0.4) is 0 Å². The van der Waals surface area contributed by atoms with Crippen molar-refractivity contribution in [2.24, 2.45) is 0 Å². The minimum atomic E-state index is 0.504. The molecule has 0 atom stereocenters. The summed E-state index contributed by atoms with van der Waals surface area (Å²) in [5.41, 5.74) is 2.43. The van der Waals surface area contributed by atoms with Gasteiger partial charge in [0.05, 0.1) is 0 Å². The Morgan fingerprint density at radius 1 is 1.40 bits per heavy atom. The molecule has 2 N–H and O–H groups in total. The van der Waals surface area contributed by atoms with E-state index in [-0.39, 0.29) is 0 Å². The third-order valence-corrected chi connectivity index (χ3v) is 2.17.